The molecule has 0 radical (unpaired) electrons. The Balaban J connectivity index is 0. The average Bonchev–Trinajstić information content (AvgIpc) is 2.43. The molecule has 4 heteroatoms. The molecular weight excluding hydrogens is 244 g/mol. The predicted molar refractivity (Wildman–Crippen MR) is 79.2 cm³/mol. The van der Waals surface area contributed by atoms with Gasteiger partial charge in [-0.1, -0.05) is 39.5 Å². The number of ether oxygens (including phenoxy) is 1. The molecule has 0 aromatic heterocycles. The van der Waals surface area contributed by atoms with Gasteiger partial charge in [0.1, 0.15) is 6.10 Å². The maximum Gasteiger partial charge on any atom is 0.103 e. The van der Waals surface area contributed by atoms with E-state index in [0.29, 0.717) is 0 Å². The van der Waals surface area contributed by atoms with E-state index < -0.39 is 12.2 Å². The molecule has 0 heterocycles. The van der Waals surface area contributed by atoms with E-state index in [1.54, 1.807) is 0 Å². The second-order valence-electron chi connectivity index (χ2n) is 4.69. The summed E-state index contributed by atoms with van der Waals surface area (Å²) >= 11 is 0. The zero-order chi connectivity index (χ0) is 15.1. The van der Waals surface area contributed by atoms with E-state index >= 15 is 0 Å². The number of unbranched alkanes of at least 4 members (excludes halogenated alkanes) is 2. The number of hydrogen-bond acceptors (Lipinski definition) is 4. The van der Waals surface area contributed by atoms with Crippen molar-refractivity contribution in [2.24, 2.45) is 5.92 Å². The Hall–Kier alpha value is -0.160. The SMILES string of the molecule is CCCCCC(CC)C(O)C(O)CO.CCOCC. The first-order chi connectivity index (χ1) is 9.08. The first-order valence-corrected chi connectivity index (χ1v) is 7.63. The Morgan fingerprint density at radius 2 is 1.53 bits per heavy atom. The number of rotatable bonds is 10. The molecule has 0 amide bonds. The summed E-state index contributed by atoms with van der Waals surface area (Å²) in [6.07, 6.45) is 3.44. The molecule has 0 fully saturated rings. The van der Waals surface area contributed by atoms with E-state index in [9.17, 15) is 10.2 Å². The standard InChI is InChI=1S/C11H24O3.C4H10O/c1-3-5-6-7-9(4-2)11(14)10(13)8-12;1-3-5-4-2/h9-14H,3-8H2,1-2H3;3-4H2,1-2H3. The van der Waals surface area contributed by atoms with Crippen molar-refractivity contribution in [1.82, 2.24) is 0 Å². The van der Waals surface area contributed by atoms with Crippen LogP contribution in [0.4, 0.5) is 0 Å². The molecule has 0 aliphatic heterocycles. The third kappa shape index (κ3) is 12.6. The molecule has 4 nitrogen and oxygen atoms in total. The van der Waals surface area contributed by atoms with Crippen molar-refractivity contribution in [3.8, 4) is 0 Å². The highest BCUT2D eigenvalue weighted by atomic mass is 16.5. The fourth-order valence-electron chi connectivity index (χ4n) is 1.90. The summed E-state index contributed by atoms with van der Waals surface area (Å²) in [5, 5.41) is 27.7. The van der Waals surface area contributed by atoms with Crippen LogP contribution in [0.2, 0.25) is 0 Å². The summed E-state index contributed by atoms with van der Waals surface area (Å²) < 4.78 is 4.83. The fraction of sp³-hybridized carbons (Fsp3) is 1.00. The molecule has 0 saturated carbocycles. The monoisotopic (exact) mass is 278 g/mol. The van der Waals surface area contributed by atoms with Crippen LogP contribution in [0.3, 0.4) is 0 Å². The predicted octanol–water partition coefficient (Wildman–Crippen LogP) is 2.35. The van der Waals surface area contributed by atoms with Gasteiger partial charge < -0.3 is 20.1 Å². The molecule has 3 N–H and O–H groups in total. The lowest BCUT2D eigenvalue weighted by Crippen LogP contribution is -2.35. The molecule has 3 atom stereocenters. The Bertz CT molecular complexity index is 162. The van der Waals surface area contributed by atoms with Gasteiger partial charge in [0.25, 0.3) is 0 Å². The second-order valence-corrected chi connectivity index (χ2v) is 4.69. The van der Waals surface area contributed by atoms with Crippen molar-refractivity contribution in [2.75, 3.05) is 19.8 Å². The summed E-state index contributed by atoms with van der Waals surface area (Å²) in [7, 11) is 0. The molecule has 0 spiro atoms. The van der Waals surface area contributed by atoms with Crippen LogP contribution in [-0.4, -0.2) is 47.3 Å². The van der Waals surface area contributed by atoms with E-state index in [2.05, 4.69) is 6.92 Å². The molecule has 118 valence electrons. The largest absolute Gasteiger partial charge is 0.394 e. The van der Waals surface area contributed by atoms with Gasteiger partial charge in [-0.2, -0.15) is 0 Å². The molecule has 0 rings (SSSR count). The topological polar surface area (TPSA) is 69.9 Å². The van der Waals surface area contributed by atoms with Crippen molar-refractivity contribution in [3.63, 3.8) is 0 Å². The second kappa shape index (κ2) is 15.9. The molecule has 0 aromatic rings. The van der Waals surface area contributed by atoms with Crippen LogP contribution in [0.25, 0.3) is 0 Å². The van der Waals surface area contributed by atoms with Crippen molar-refractivity contribution in [2.45, 2.75) is 72.0 Å². The zero-order valence-corrected chi connectivity index (χ0v) is 13.1. The van der Waals surface area contributed by atoms with Gasteiger partial charge in [0.05, 0.1) is 12.7 Å². The van der Waals surface area contributed by atoms with Crippen LogP contribution < -0.4 is 0 Å². The van der Waals surface area contributed by atoms with Crippen LogP contribution in [-0.2, 0) is 4.74 Å². The van der Waals surface area contributed by atoms with Gasteiger partial charge in [0.2, 0.25) is 0 Å². The van der Waals surface area contributed by atoms with Crippen LogP contribution in [0.15, 0.2) is 0 Å². The van der Waals surface area contributed by atoms with E-state index in [4.69, 9.17) is 9.84 Å². The Labute approximate surface area is 118 Å². The van der Waals surface area contributed by atoms with Crippen molar-refractivity contribution in [3.05, 3.63) is 0 Å². The summed E-state index contributed by atoms with van der Waals surface area (Å²) in [5.74, 6) is 0.115. The van der Waals surface area contributed by atoms with Crippen molar-refractivity contribution in [1.29, 1.82) is 0 Å². The maximum absolute atomic E-state index is 9.67. The summed E-state index contributed by atoms with van der Waals surface area (Å²) in [6.45, 7) is 9.45. The third-order valence-corrected chi connectivity index (χ3v) is 3.18. The number of aliphatic hydroxyl groups is 3. The zero-order valence-electron chi connectivity index (χ0n) is 13.1. The molecule has 0 aliphatic rings. The van der Waals surface area contributed by atoms with Crippen LogP contribution in [0, 0.1) is 5.92 Å². The maximum atomic E-state index is 9.67. The van der Waals surface area contributed by atoms with Gasteiger partial charge in [0.15, 0.2) is 0 Å². The lowest BCUT2D eigenvalue weighted by molar-refractivity contribution is -0.0461. The molecule has 0 saturated heterocycles. The van der Waals surface area contributed by atoms with Gasteiger partial charge in [-0.15, -0.1) is 0 Å². The molecule has 0 bridgehead atoms. The van der Waals surface area contributed by atoms with Crippen LogP contribution in [0.5, 0.6) is 0 Å². The minimum absolute atomic E-state index is 0.115. The lowest BCUT2D eigenvalue weighted by Gasteiger charge is -2.24. The molecule has 19 heavy (non-hydrogen) atoms. The molecule has 0 aromatic carbocycles. The average molecular weight is 278 g/mol. The highest BCUT2D eigenvalue weighted by Crippen LogP contribution is 2.19. The summed E-state index contributed by atoms with van der Waals surface area (Å²) in [6, 6.07) is 0. The fourth-order valence-corrected chi connectivity index (χ4v) is 1.90. The first kappa shape index (κ1) is 21.1. The highest BCUT2D eigenvalue weighted by Gasteiger charge is 2.23. The minimum Gasteiger partial charge on any atom is -0.394 e. The summed E-state index contributed by atoms with van der Waals surface area (Å²) in [4.78, 5) is 0. The minimum atomic E-state index is -0.985. The van der Waals surface area contributed by atoms with Gasteiger partial charge in [0, 0.05) is 13.2 Å². The third-order valence-electron chi connectivity index (χ3n) is 3.18. The molecule has 0 aliphatic carbocycles. The normalized spacial score (nSPS) is 15.3. The molecular formula is C15H34O4. The Morgan fingerprint density at radius 3 is 1.84 bits per heavy atom. The van der Waals surface area contributed by atoms with E-state index in [0.717, 1.165) is 38.9 Å². The Kier molecular flexibility index (Phi) is 17.7. The smallest absolute Gasteiger partial charge is 0.103 e. The van der Waals surface area contributed by atoms with Crippen LogP contribution in [0.1, 0.15) is 59.8 Å². The quantitative estimate of drug-likeness (QED) is 0.537. The van der Waals surface area contributed by atoms with E-state index in [1.165, 1.54) is 6.42 Å². The van der Waals surface area contributed by atoms with Gasteiger partial charge in [-0.25, -0.2) is 0 Å². The van der Waals surface area contributed by atoms with Gasteiger partial charge in [-0.05, 0) is 26.2 Å². The number of hydrogen-bond donors (Lipinski definition) is 3. The van der Waals surface area contributed by atoms with Gasteiger partial charge >= 0.3 is 0 Å². The van der Waals surface area contributed by atoms with Crippen molar-refractivity contribution < 1.29 is 20.1 Å². The molecule has 3 unspecified atom stereocenters. The van der Waals surface area contributed by atoms with Crippen LogP contribution >= 0.6 is 0 Å². The number of aliphatic hydroxyl groups excluding tert-OH is 3. The van der Waals surface area contributed by atoms with E-state index in [-0.39, 0.29) is 12.5 Å². The summed E-state index contributed by atoms with van der Waals surface area (Å²) in [5.41, 5.74) is 0. The Morgan fingerprint density at radius 1 is 0.947 bits per heavy atom. The van der Waals surface area contributed by atoms with Gasteiger partial charge in [-0.3, -0.25) is 0 Å². The lowest BCUT2D eigenvalue weighted by atomic mass is 9.90. The van der Waals surface area contributed by atoms with Crippen molar-refractivity contribution >= 4 is 0 Å². The van der Waals surface area contributed by atoms with E-state index in [1.807, 2.05) is 20.8 Å². The first-order valence-electron chi connectivity index (χ1n) is 7.63. The highest BCUT2D eigenvalue weighted by molar-refractivity contribution is 4.74.